The summed E-state index contributed by atoms with van der Waals surface area (Å²) >= 11 is 0. The number of hydrogen-bond acceptors (Lipinski definition) is 2. The molecule has 0 saturated heterocycles. The van der Waals surface area contributed by atoms with Gasteiger partial charge in [0, 0.05) is 17.8 Å². The molecule has 3 nitrogen and oxygen atoms in total. The summed E-state index contributed by atoms with van der Waals surface area (Å²) in [7, 11) is 0. The second-order valence-electron chi connectivity index (χ2n) is 5.52. The fraction of sp³-hybridized carbons (Fsp3) is 0.278. The monoisotopic (exact) mass is 318 g/mol. The molecule has 2 aromatic carbocycles. The highest BCUT2D eigenvalue weighted by atomic mass is 35.5. The van der Waals surface area contributed by atoms with Crippen LogP contribution in [0.15, 0.2) is 48.5 Å². The molecule has 0 radical (unpaired) electrons. The summed E-state index contributed by atoms with van der Waals surface area (Å²) in [6, 6.07) is 15.7. The molecule has 0 atom stereocenters. The van der Waals surface area contributed by atoms with Crippen molar-refractivity contribution in [1.29, 1.82) is 0 Å². The second kappa shape index (κ2) is 8.44. The van der Waals surface area contributed by atoms with E-state index >= 15 is 0 Å². The van der Waals surface area contributed by atoms with E-state index in [1.807, 2.05) is 36.4 Å². The van der Waals surface area contributed by atoms with Crippen molar-refractivity contribution >= 4 is 29.7 Å². The smallest absolute Gasteiger partial charge is 0.224 e. The number of amides is 1. The lowest BCUT2D eigenvalue weighted by atomic mass is 10.0. The topological polar surface area (TPSA) is 55.1 Å². The summed E-state index contributed by atoms with van der Waals surface area (Å²) in [6.07, 6.45) is 1.09. The Kier molecular flexibility index (Phi) is 6.93. The average molecular weight is 319 g/mol. The second-order valence-corrected chi connectivity index (χ2v) is 5.52. The Morgan fingerprint density at radius 3 is 2.32 bits per heavy atom. The molecule has 0 fully saturated rings. The number of halogens is 1. The standard InChI is InChI=1S/C18H22N2O.ClH/c1-13(2)14-7-10-16(11-8-14)20-18(21)12-9-15-5-3-4-6-17(15)19;/h3-8,10-11,13H,9,12,19H2,1-2H3,(H,20,21);1H. The lowest BCUT2D eigenvalue weighted by Crippen LogP contribution is -2.12. The van der Waals surface area contributed by atoms with E-state index in [-0.39, 0.29) is 18.3 Å². The van der Waals surface area contributed by atoms with Crippen molar-refractivity contribution in [2.45, 2.75) is 32.6 Å². The van der Waals surface area contributed by atoms with Crippen LogP contribution >= 0.6 is 12.4 Å². The van der Waals surface area contributed by atoms with E-state index < -0.39 is 0 Å². The molecule has 0 aliphatic heterocycles. The van der Waals surface area contributed by atoms with Gasteiger partial charge in [0.1, 0.15) is 0 Å². The van der Waals surface area contributed by atoms with Crippen LogP contribution in [0.1, 0.15) is 37.3 Å². The van der Waals surface area contributed by atoms with Crippen molar-refractivity contribution in [2.24, 2.45) is 0 Å². The number of nitrogens with one attached hydrogen (secondary N) is 1. The van der Waals surface area contributed by atoms with Crippen LogP contribution in [0.25, 0.3) is 0 Å². The van der Waals surface area contributed by atoms with Crippen LogP contribution in [0.2, 0.25) is 0 Å². The molecule has 0 bridgehead atoms. The number of para-hydroxylation sites is 1. The van der Waals surface area contributed by atoms with Gasteiger partial charge in [0.2, 0.25) is 5.91 Å². The first-order valence-corrected chi connectivity index (χ1v) is 7.29. The Hall–Kier alpha value is -2.00. The molecule has 0 saturated carbocycles. The van der Waals surface area contributed by atoms with Crippen LogP contribution in [-0.4, -0.2) is 5.91 Å². The van der Waals surface area contributed by atoms with Gasteiger partial charge >= 0.3 is 0 Å². The summed E-state index contributed by atoms with van der Waals surface area (Å²) in [5, 5.41) is 2.92. The maximum atomic E-state index is 12.0. The lowest BCUT2D eigenvalue weighted by molar-refractivity contribution is -0.116. The van der Waals surface area contributed by atoms with Crippen LogP contribution in [-0.2, 0) is 11.2 Å². The molecular weight excluding hydrogens is 296 g/mol. The van der Waals surface area contributed by atoms with E-state index in [1.54, 1.807) is 0 Å². The zero-order valence-corrected chi connectivity index (χ0v) is 13.8. The van der Waals surface area contributed by atoms with E-state index in [0.717, 1.165) is 16.9 Å². The van der Waals surface area contributed by atoms with Crippen molar-refractivity contribution in [3.63, 3.8) is 0 Å². The van der Waals surface area contributed by atoms with E-state index in [0.29, 0.717) is 18.8 Å². The molecule has 3 N–H and O–H groups in total. The van der Waals surface area contributed by atoms with Gasteiger partial charge in [-0.1, -0.05) is 44.2 Å². The van der Waals surface area contributed by atoms with Crippen molar-refractivity contribution in [3.05, 3.63) is 59.7 Å². The molecule has 0 heterocycles. The highest BCUT2D eigenvalue weighted by molar-refractivity contribution is 5.90. The minimum absolute atomic E-state index is 0. The molecule has 2 rings (SSSR count). The summed E-state index contributed by atoms with van der Waals surface area (Å²) in [6.45, 7) is 4.30. The maximum Gasteiger partial charge on any atom is 0.224 e. The Morgan fingerprint density at radius 2 is 1.73 bits per heavy atom. The SMILES string of the molecule is CC(C)c1ccc(NC(=O)CCc2ccccc2N)cc1.Cl. The minimum atomic E-state index is 0. The largest absolute Gasteiger partial charge is 0.399 e. The van der Waals surface area contributed by atoms with Crippen LogP contribution in [0.4, 0.5) is 11.4 Å². The van der Waals surface area contributed by atoms with Gasteiger partial charge in [0.05, 0.1) is 0 Å². The number of nitrogen functional groups attached to an aromatic ring is 1. The summed E-state index contributed by atoms with van der Waals surface area (Å²) in [5.41, 5.74) is 9.74. The summed E-state index contributed by atoms with van der Waals surface area (Å²) < 4.78 is 0. The van der Waals surface area contributed by atoms with Gasteiger partial charge in [-0.3, -0.25) is 4.79 Å². The number of aryl methyl sites for hydroxylation is 1. The van der Waals surface area contributed by atoms with Crippen molar-refractivity contribution in [1.82, 2.24) is 0 Å². The number of carbonyl (C=O) groups is 1. The lowest BCUT2D eigenvalue weighted by Gasteiger charge is -2.09. The Labute approximate surface area is 138 Å². The number of hydrogen-bond donors (Lipinski definition) is 2. The van der Waals surface area contributed by atoms with Gasteiger partial charge in [0.15, 0.2) is 0 Å². The van der Waals surface area contributed by atoms with Crippen molar-refractivity contribution in [2.75, 3.05) is 11.1 Å². The first-order chi connectivity index (χ1) is 10.1. The van der Waals surface area contributed by atoms with Crippen LogP contribution < -0.4 is 11.1 Å². The zero-order chi connectivity index (χ0) is 15.2. The molecular formula is C18H23ClN2O. The van der Waals surface area contributed by atoms with E-state index in [9.17, 15) is 4.79 Å². The molecule has 0 spiro atoms. The Balaban J connectivity index is 0.00000242. The van der Waals surface area contributed by atoms with Gasteiger partial charge in [0.25, 0.3) is 0 Å². The number of anilines is 2. The molecule has 1 amide bonds. The molecule has 22 heavy (non-hydrogen) atoms. The number of carbonyl (C=O) groups excluding carboxylic acids is 1. The van der Waals surface area contributed by atoms with Crippen LogP contribution in [0.5, 0.6) is 0 Å². The quantitative estimate of drug-likeness (QED) is 0.803. The molecule has 118 valence electrons. The number of nitrogens with two attached hydrogens (primary N) is 1. The van der Waals surface area contributed by atoms with E-state index in [1.165, 1.54) is 5.56 Å². The van der Waals surface area contributed by atoms with Crippen molar-refractivity contribution < 1.29 is 4.79 Å². The highest BCUT2D eigenvalue weighted by Crippen LogP contribution is 2.18. The zero-order valence-electron chi connectivity index (χ0n) is 13.0. The fourth-order valence-corrected chi connectivity index (χ4v) is 2.18. The third kappa shape index (κ3) is 5.08. The minimum Gasteiger partial charge on any atom is -0.399 e. The summed E-state index contributed by atoms with van der Waals surface area (Å²) in [4.78, 5) is 12.0. The number of rotatable bonds is 5. The van der Waals surface area contributed by atoms with Gasteiger partial charge in [-0.15, -0.1) is 12.4 Å². The highest BCUT2D eigenvalue weighted by Gasteiger charge is 2.05. The molecule has 0 aliphatic carbocycles. The molecule has 0 aromatic heterocycles. The fourth-order valence-electron chi connectivity index (χ4n) is 2.18. The maximum absolute atomic E-state index is 12.0. The first-order valence-electron chi connectivity index (χ1n) is 7.29. The average Bonchev–Trinajstić information content (AvgIpc) is 2.47. The first kappa shape index (κ1) is 18.1. The van der Waals surface area contributed by atoms with Crippen LogP contribution in [0, 0.1) is 0 Å². The van der Waals surface area contributed by atoms with Gasteiger partial charge in [-0.05, 0) is 41.7 Å². The predicted octanol–water partition coefficient (Wildman–Crippen LogP) is 4.39. The van der Waals surface area contributed by atoms with Gasteiger partial charge in [-0.2, -0.15) is 0 Å². The van der Waals surface area contributed by atoms with Crippen molar-refractivity contribution in [3.8, 4) is 0 Å². The molecule has 0 unspecified atom stereocenters. The van der Waals surface area contributed by atoms with Gasteiger partial charge < -0.3 is 11.1 Å². The molecule has 0 aliphatic rings. The van der Waals surface area contributed by atoms with E-state index in [2.05, 4.69) is 31.3 Å². The number of benzene rings is 2. The third-order valence-corrected chi connectivity index (χ3v) is 3.54. The predicted molar refractivity (Wildman–Crippen MR) is 95.6 cm³/mol. The summed E-state index contributed by atoms with van der Waals surface area (Å²) in [5.74, 6) is 0.506. The molecule has 2 aromatic rings. The Bertz CT molecular complexity index is 609. The Morgan fingerprint density at radius 1 is 1.09 bits per heavy atom. The van der Waals surface area contributed by atoms with Crippen LogP contribution in [0.3, 0.4) is 0 Å². The van der Waals surface area contributed by atoms with E-state index in [4.69, 9.17) is 5.73 Å². The third-order valence-electron chi connectivity index (χ3n) is 3.54. The normalized spacial score (nSPS) is 10.1. The molecule has 4 heteroatoms. The van der Waals surface area contributed by atoms with Gasteiger partial charge in [-0.25, -0.2) is 0 Å².